The topological polar surface area (TPSA) is 75.7 Å². The van der Waals surface area contributed by atoms with Crippen LogP contribution in [0.15, 0.2) is 0 Å². The van der Waals surface area contributed by atoms with Crippen molar-refractivity contribution in [1.29, 1.82) is 0 Å². The van der Waals surface area contributed by atoms with E-state index in [9.17, 15) is 4.57 Å². The Morgan fingerprint density at radius 2 is 1.07 bits per heavy atom. The van der Waals surface area contributed by atoms with Gasteiger partial charge in [-0.2, -0.15) is 0 Å². The summed E-state index contributed by atoms with van der Waals surface area (Å²) in [6.07, 6.45) is 0. The quantitative estimate of drug-likeness (QED) is 0.204. The van der Waals surface area contributed by atoms with Crippen molar-refractivity contribution in [1.82, 2.24) is 4.90 Å². The number of hydrogen-bond acceptors (Lipinski definition) is 9. The molecule has 29 heavy (non-hydrogen) atoms. The van der Waals surface area contributed by atoms with Crippen LogP contribution in [0.1, 0.15) is 55.4 Å². The molecule has 0 fully saturated rings. The Morgan fingerprint density at radius 3 is 1.34 bits per heavy atom. The maximum atomic E-state index is 12.1. The van der Waals surface area contributed by atoms with Gasteiger partial charge in [-0.05, 0) is 66.0 Å². The number of hydrogen-bond donors (Lipinski definition) is 0. The molecule has 0 aliphatic carbocycles. The van der Waals surface area contributed by atoms with Gasteiger partial charge in [-0.25, -0.2) is 4.57 Å². The van der Waals surface area contributed by atoms with Crippen molar-refractivity contribution in [3.05, 3.63) is 0 Å². The zero-order valence-corrected chi connectivity index (χ0v) is 22.4. The molecule has 0 saturated carbocycles. The molecule has 0 spiro atoms. The summed E-state index contributed by atoms with van der Waals surface area (Å²) in [6, 6.07) is 0. The fourth-order valence-electron chi connectivity index (χ4n) is 2.21. The van der Waals surface area contributed by atoms with Crippen molar-refractivity contribution < 1.29 is 31.3 Å². The summed E-state index contributed by atoms with van der Waals surface area (Å²) >= 11 is 1.30. The average Bonchev–Trinajstić information content (AvgIpc) is 2.67. The van der Waals surface area contributed by atoms with Crippen LogP contribution in [0, 0.1) is 0 Å². The summed E-state index contributed by atoms with van der Waals surface area (Å²) in [5, 5.41) is 0. The maximum Gasteiger partial charge on any atom is 0.679 e. The fourth-order valence-corrected chi connectivity index (χ4v) is 7.54. The van der Waals surface area contributed by atoms with Gasteiger partial charge in [0.25, 0.3) is 0 Å². The zero-order chi connectivity index (χ0) is 22.6. The Bertz CT molecular complexity index is 367. The summed E-state index contributed by atoms with van der Waals surface area (Å²) in [5.74, 6) is 0.777. The van der Waals surface area contributed by atoms with Crippen LogP contribution in [0.5, 0.6) is 0 Å². The second kappa shape index (κ2) is 20.4. The Hall–Kier alpha value is 0.517. The van der Waals surface area contributed by atoms with Crippen LogP contribution < -0.4 is 0 Å². The lowest BCUT2D eigenvalue weighted by atomic mass is 10.5. The van der Waals surface area contributed by atoms with Gasteiger partial charge in [-0.1, -0.05) is 13.8 Å². The first-order chi connectivity index (χ1) is 13.9. The average molecular weight is 478 g/mol. The molecule has 11 heteroatoms. The standard InChI is InChI=1S/C10H24NO3PS.C8H20O4Si/c1-5-11(6-2)9-10-16-15(12,13-7-3)14-8-4;1-5-9-13(10-6-2,11-7-3)12-8-4/h5-10H2,1-4H3;5-8H2,1-4H3. The van der Waals surface area contributed by atoms with Gasteiger partial charge in [0.15, 0.2) is 0 Å². The first-order valence-electron chi connectivity index (χ1n) is 10.7. The monoisotopic (exact) mass is 477 g/mol. The van der Waals surface area contributed by atoms with E-state index < -0.39 is 15.8 Å². The molecule has 0 heterocycles. The molecule has 0 rings (SSSR count). The molecule has 0 atom stereocenters. The lowest BCUT2D eigenvalue weighted by Crippen LogP contribution is -2.49. The molecular weight excluding hydrogens is 433 g/mol. The van der Waals surface area contributed by atoms with E-state index in [1.54, 1.807) is 0 Å². The van der Waals surface area contributed by atoms with E-state index in [4.69, 9.17) is 26.8 Å². The molecule has 8 nitrogen and oxygen atoms in total. The number of rotatable bonds is 18. The number of nitrogens with zero attached hydrogens (tertiary/aromatic N) is 1. The third kappa shape index (κ3) is 15.9. The third-order valence-corrected chi connectivity index (χ3v) is 9.94. The molecule has 0 aromatic rings. The second-order valence-corrected chi connectivity index (χ2v) is 11.7. The first kappa shape index (κ1) is 31.7. The van der Waals surface area contributed by atoms with Crippen LogP contribution in [-0.2, 0) is 31.3 Å². The summed E-state index contributed by atoms with van der Waals surface area (Å²) in [4.78, 5) is 2.29. The van der Waals surface area contributed by atoms with Gasteiger partial charge in [0.1, 0.15) is 0 Å². The molecule has 0 aliphatic heterocycles. The van der Waals surface area contributed by atoms with Crippen molar-refractivity contribution in [2.45, 2.75) is 55.4 Å². The minimum absolute atomic E-state index is 0.426. The highest BCUT2D eigenvalue weighted by Gasteiger charge is 2.44. The zero-order valence-electron chi connectivity index (χ0n) is 19.7. The van der Waals surface area contributed by atoms with Crippen LogP contribution in [-0.4, -0.2) is 79.0 Å². The lowest BCUT2D eigenvalue weighted by molar-refractivity contribution is -0.0247. The Kier molecular flexibility index (Phi) is 22.3. The van der Waals surface area contributed by atoms with Gasteiger partial charge in [0.05, 0.1) is 13.2 Å². The summed E-state index contributed by atoms with van der Waals surface area (Å²) in [6.45, 7) is 18.6. The minimum atomic E-state index is -2.91. The molecule has 0 radical (unpaired) electrons. The van der Waals surface area contributed by atoms with Gasteiger partial charge < -0.3 is 31.7 Å². The van der Waals surface area contributed by atoms with Crippen molar-refractivity contribution in [3.63, 3.8) is 0 Å². The SMILES string of the molecule is CCOP(=O)(OCC)SCCN(CC)CC.CCO[Si](OCC)(OCC)OCC. The largest absolute Gasteiger partial charge is 0.679 e. The van der Waals surface area contributed by atoms with E-state index in [-0.39, 0.29) is 0 Å². The summed E-state index contributed by atoms with van der Waals surface area (Å²) in [5.41, 5.74) is 0. The smallest absolute Gasteiger partial charge is 0.351 e. The fraction of sp³-hybridized carbons (Fsp3) is 1.00. The Labute approximate surface area is 184 Å². The molecule has 0 N–H and O–H groups in total. The van der Waals surface area contributed by atoms with E-state index in [0.29, 0.717) is 39.6 Å². The Morgan fingerprint density at radius 1 is 0.690 bits per heavy atom. The van der Waals surface area contributed by atoms with Gasteiger partial charge in [-0.3, -0.25) is 0 Å². The highest BCUT2D eigenvalue weighted by Crippen LogP contribution is 2.60. The van der Waals surface area contributed by atoms with Crippen LogP contribution in [0.3, 0.4) is 0 Å². The van der Waals surface area contributed by atoms with Crippen molar-refractivity contribution in [2.75, 3.05) is 65.0 Å². The van der Waals surface area contributed by atoms with E-state index in [2.05, 4.69) is 18.7 Å². The summed E-state index contributed by atoms with van der Waals surface area (Å²) in [7, 11) is -2.80. The maximum absolute atomic E-state index is 12.1. The highest BCUT2D eigenvalue weighted by molar-refractivity contribution is 8.55. The Balaban J connectivity index is 0. The molecule has 0 aliphatic rings. The molecule has 178 valence electrons. The summed E-state index contributed by atoms with van der Waals surface area (Å²) < 4.78 is 44.2. The molecule has 0 saturated heterocycles. The van der Waals surface area contributed by atoms with Gasteiger partial charge in [0, 0.05) is 38.7 Å². The normalized spacial score (nSPS) is 12.2. The second-order valence-electron chi connectivity index (χ2n) is 5.37. The highest BCUT2D eigenvalue weighted by atomic mass is 32.7. The molecule has 0 aromatic carbocycles. The van der Waals surface area contributed by atoms with E-state index in [1.165, 1.54) is 11.4 Å². The predicted molar refractivity (Wildman–Crippen MR) is 123 cm³/mol. The van der Waals surface area contributed by atoms with E-state index in [1.807, 2.05) is 41.5 Å². The third-order valence-electron chi connectivity index (χ3n) is 3.41. The van der Waals surface area contributed by atoms with Crippen LogP contribution in [0.25, 0.3) is 0 Å². The van der Waals surface area contributed by atoms with Crippen molar-refractivity contribution in [3.8, 4) is 0 Å². The molecule has 0 bridgehead atoms. The van der Waals surface area contributed by atoms with Gasteiger partial charge >= 0.3 is 15.8 Å². The molecule has 0 amide bonds. The van der Waals surface area contributed by atoms with E-state index >= 15 is 0 Å². The predicted octanol–water partition coefficient (Wildman–Crippen LogP) is 4.81. The van der Waals surface area contributed by atoms with Crippen molar-refractivity contribution >= 4 is 27.2 Å². The molecular formula is C18H44NO7PSSi. The molecule has 0 aromatic heterocycles. The van der Waals surface area contributed by atoms with Gasteiger partial charge in [-0.15, -0.1) is 0 Å². The van der Waals surface area contributed by atoms with Crippen LogP contribution in [0.2, 0.25) is 0 Å². The minimum Gasteiger partial charge on any atom is -0.351 e. The van der Waals surface area contributed by atoms with Crippen molar-refractivity contribution in [2.24, 2.45) is 0 Å². The first-order valence-corrected chi connectivity index (χ1v) is 15.4. The molecule has 0 unspecified atom stereocenters. The van der Waals surface area contributed by atoms with Crippen LogP contribution >= 0.6 is 18.2 Å². The van der Waals surface area contributed by atoms with Gasteiger partial charge in [0.2, 0.25) is 0 Å². The lowest BCUT2D eigenvalue weighted by Gasteiger charge is -2.26. The van der Waals surface area contributed by atoms with Crippen LogP contribution in [0.4, 0.5) is 0 Å². The van der Waals surface area contributed by atoms with E-state index in [0.717, 1.165) is 25.4 Å².